The molecule has 28 heavy (non-hydrogen) atoms. The smallest absolute Gasteiger partial charge is 0.404 e. The Morgan fingerprint density at radius 3 is 2.25 bits per heavy atom. The lowest BCUT2D eigenvalue weighted by Gasteiger charge is -2.32. The van der Waals surface area contributed by atoms with Crippen LogP contribution in [0.4, 0.5) is 4.79 Å². The van der Waals surface area contributed by atoms with Gasteiger partial charge in [0.2, 0.25) is 10.0 Å². The molecular weight excluding hydrogens is 380 g/mol. The Morgan fingerprint density at radius 2 is 1.75 bits per heavy atom. The number of nitrogens with zero attached hydrogens (tertiary/aromatic N) is 1. The molecule has 0 radical (unpaired) electrons. The second-order valence-electron chi connectivity index (χ2n) is 7.81. The number of carbonyl (C=O) groups is 1. The van der Waals surface area contributed by atoms with Gasteiger partial charge in [-0.1, -0.05) is 38.5 Å². The van der Waals surface area contributed by atoms with Gasteiger partial charge in [-0.05, 0) is 50.2 Å². The number of aryl methyl sites for hydroxylation is 1. The van der Waals surface area contributed by atoms with Gasteiger partial charge in [-0.15, -0.1) is 0 Å². The van der Waals surface area contributed by atoms with E-state index in [9.17, 15) is 18.3 Å². The van der Waals surface area contributed by atoms with Crippen LogP contribution in [0.5, 0.6) is 0 Å². The number of hydrogen-bond donors (Lipinski definition) is 3. The van der Waals surface area contributed by atoms with Crippen LogP contribution >= 0.6 is 0 Å². The predicted octanol–water partition coefficient (Wildman–Crippen LogP) is 3.08. The summed E-state index contributed by atoms with van der Waals surface area (Å²) in [4.78, 5) is 10.8. The quantitative estimate of drug-likeness (QED) is 0.487. The molecular formula is C20H34N2O5S. The Bertz CT molecular complexity index is 704. The van der Waals surface area contributed by atoms with Gasteiger partial charge < -0.3 is 15.5 Å². The maximum absolute atomic E-state index is 13.3. The molecule has 2 atom stereocenters. The molecule has 0 heterocycles. The molecule has 3 N–H and O–H groups in total. The minimum Gasteiger partial charge on any atom is -0.465 e. The average molecular weight is 415 g/mol. The van der Waals surface area contributed by atoms with Crippen molar-refractivity contribution in [2.24, 2.45) is 11.8 Å². The molecule has 0 aliphatic rings. The van der Waals surface area contributed by atoms with Crippen LogP contribution in [0.2, 0.25) is 0 Å². The van der Waals surface area contributed by atoms with E-state index in [0.29, 0.717) is 38.3 Å². The minimum absolute atomic E-state index is 0.0544. The molecule has 0 saturated heterocycles. The standard InChI is InChI=1S/C20H34N2O5S/c1-15(2)10-12-22(28(26,27)19-7-5-16(3)6-8-19)18(14-23)13-17(4)9-11-21-20(24)25/h5-8,15,17-18,21,23H,9-14H2,1-4H3,(H,24,25)/t17?,18-/m0/s1. The molecule has 0 bridgehead atoms. The van der Waals surface area contributed by atoms with Crippen molar-refractivity contribution in [1.82, 2.24) is 9.62 Å². The van der Waals surface area contributed by atoms with Crippen molar-refractivity contribution in [2.45, 2.75) is 57.9 Å². The second kappa shape index (κ2) is 11.4. The van der Waals surface area contributed by atoms with Gasteiger partial charge in [0.25, 0.3) is 0 Å². The first kappa shape index (κ1) is 24.4. The summed E-state index contributed by atoms with van der Waals surface area (Å²) in [6.45, 7) is 8.25. The van der Waals surface area contributed by atoms with Crippen LogP contribution in [-0.2, 0) is 10.0 Å². The zero-order valence-electron chi connectivity index (χ0n) is 17.3. The van der Waals surface area contributed by atoms with Crippen LogP contribution in [0.15, 0.2) is 29.2 Å². The fourth-order valence-corrected chi connectivity index (χ4v) is 4.66. The summed E-state index contributed by atoms with van der Waals surface area (Å²) in [5.74, 6) is 0.381. The van der Waals surface area contributed by atoms with E-state index in [1.165, 1.54) is 4.31 Å². The summed E-state index contributed by atoms with van der Waals surface area (Å²) in [6, 6.07) is 6.18. The third kappa shape index (κ3) is 7.77. The van der Waals surface area contributed by atoms with Gasteiger partial charge in [-0.2, -0.15) is 4.31 Å². The highest BCUT2D eigenvalue weighted by molar-refractivity contribution is 7.89. The van der Waals surface area contributed by atoms with E-state index in [4.69, 9.17) is 5.11 Å². The number of sulfonamides is 1. The van der Waals surface area contributed by atoms with E-state index in [0.717, 1.165) is 5.56 Å². The van der Waals surface area contributed by atoms with Crippen molar-refractivity contribution >= 4 is 16.1 Å². The third-order valence-electron chi connectivity index (χ3n) is 4.76. The maximum Gasteiger partial charge on any atom is 0.404 e. The Labute approximate surface area is 168 Å². The monoisotopic (exact) mass is 414 g/mol. The SMILES string of the molecule is Cc1ccc(S(=O)(=O)N(CCC(C)C)[C@H](CO)CC(C)CCNC(=O)O)cc1. The van der Waals surface area contributed by atoms with Gasteiger partial charge in [0, 0.05) is 19.1 Å². The number of rotatable bonds is 12. The lowest BCUT2D eigenvalue weighted by molar-refractivity contribution is 0.159. The van der Waals surface area contributed by atoms with Gasteiger partial charge in [0.1, 0.15) is 0 Å². The molecule has 1 rings (SSSR count). The maximum atomic E-state index is 13.3. The van der Waals surface area contributed by atoms with Gasteiger partial charge in [-0.25, -0.2) is 13.2 Å². The lowest BCUT2D eigenvalue weighted by atomic mass is 9.98. The van der Waals surface area contributed by atoms with Gasteiger partial charge in [0.15, 0.2) is 0 Å². The van der Waals surface area contributed by atoms with E-state index in [1.807, 2.05) is 27.7 Å². The fraction of sp³-hybridized carbons (Fsp3) is 0.650. The summed E-state index contributed by atoms with van der Waals surface area (Å²) in [5, 5.41) is 21.0. The summed E-state index contributed by atoms with van der Waals surface area (Å²) in [5.41, 5.74) is 0.978. The van der Waals surface area contributed by atoms with E-state index in [-0.39, 0.29) is 17.4 Å². The van der Waals surface area contributed by atoms with Gasteiger partial charge in [0.05, 0.1) is 11.5 Å². The third-order valence-corrected chi connectivity index (χ3v) is 6.73. The van der Waals surface area contributed by atoms with E-state index >= 15 is 0 Å². The van der Waals surface area contributed by atoms with Gasteiger partial charge in [-0.3, -0.25) is 0 Å². The van der Waals surface area contributed by atoms with Crippen molar-refractivity contribution in [1.29, 1.82) is 0 Å². The van der Waals surface area contributed by atoms with Crippen molar-refractivity contribution in [2.75, 3.05) is 19.7 Å². The summed E-state index contributed by atoms with van der Waals surface area (Å²) < 4.78 is 27.9. The largest absolute Gasteiger partial charge is 0.465 e. The number of benzene rings is 1. The predicted molar refractivity (Wildman–Crippen MR) is 110 cm³/mol. The topological polar surface area (TPSA) is 107 Å². The highest BCUT2D eigenvalue weighted by Crippen LogP contribution is 2.24. The Morgan fingerprint density at radius 1 is 1.14 bits per heavy atom. The van der Waals surface area contributed by atoms with Crippen LogP contribution in [0.3, 0.4) is 0 Å². The summed E-state index contributed by atoms with van der Waals surface area (Å²) >= 11 is 0. The fourth-order valence-electron chi connectivity index (χ4n) is 3.02. The Kier molecular flexibility index (Phi) is 9.92. The molecule has 0 saturated carbocycles. The molecule has 7 nitrogen and oxygen atoms in total. The lowest BCUT2D eigenvalue weighted by Crippen LogP contribution is -2.44. The van der Waals surface area contributed by atoms with E-state index in [2.05, 4.69) is 5.32 Å². The van der Waals surface area contributed by atoms with Crippen molar-refractivity contribution in [3.63, 3.8) is 0 Å². The van der Waals surface area contributed by atoms with E-state index < -0.39 is 22.2 Å². The highest BCUT2D eigenvalue weighted by Gasteiger charge is 2.32. The number of aliphatic hydroxyl groups excluding tert-OH is 1. The Balaban J connectivity index is 3.01. The number of carboxylic acid groups (broad SMARTS) is 1. The normalized spacial score (nSPS) is 14.2. The van der Waals surface area contributed by atoms with Crippen LogP contribution in [0.25, 0.3) is 0 Å². The first-order valence-electron chi connectivity index (χ1n) is 9.74. The molecule has 8 heteroatoms. The van der Waals surface area contributed by atoms with Gasteiger partial charge >= 0.3 is 6.09 Å². The average Bonchev–Trinajstić information content (AvgIpc) is 2.60. The zero-order valence-corrected chi connectivity index (χ0v) is 18.1. The molecule has 0 fully saturated rings. The molecule has 1 aromatic rings. The van der Waals surface area contributed by atoms with E-state index in [1.54, 1.807) is 24.3 Å². The molecule has 0 aliphatic carbocycles. The molecule has 1 amide bonds. The molecule has 160 valence electrons. The van der Waals surface area contributed by atoms with Crippen molar-refractivity contribution < 1.29 is 23.4 Å². The van der Waals surface area contributed by atoms with Crippen LogP contribution in [-0.4, -0.2) is 54.8 Å². The number of nitrogens with one attached hydrogen (secondary N) is 1. The minimum atomic E-state index is -3.74. The summed E-state index contributed by atoms with van der Waals surface area (Å²) in [6.07, 6.45) is 0.648. The molecule has 0 spiro atoms. The zero-order chi connectivity index (χ0) is 21.3. The number of amides is 1. The van der Waals surface area contributed by atoms with Crippen LogP contribution < -0.4 is 5.32 Å². The highest BCUT2D eigenvalue weighted by atomic mass is 32.2. The molecule has 0 aromatic heterocycles. The van der Waals surface area contributed by atoms with Crippen molar-refractivity contribution in [3.05, 3.63) is 29.8 Å². The first-order chi connectivity index (χ1) is 13.1. The summed E-state index contributed by atoms with van der Waals surface area (Å²) in [7, 11) is -3.74. The second-order valence-corrected chi connectivity index (χ2v) is 9.70. The van der Waals surface area contributed by atoms with Crippen LogP contribution in [0.1, 0.15) is 45.6 Å². The number of aliphatic hydroxyl groups is 1. The van der Waals surface area contributed by atoms with Crippen LogP contribution in [0, 0.1) is 18.8 Å². The molecule has 1 aromatic carbocycles. The first-order valence-corrected chi connectivity index (χ1v) is 11.2. The Hall–Kier alpha value is -1.64. The molecule has 1 unspecified atom stereocenters. The number of hydrogen-bond acceptors (Lipinski definition) is 4. The molecule has 0 aliphatic heterocycles. The van der Waals surface area contributed by atoms with Crippen molar-refractivity contribution in [3.8, 4) is 0 Å².